The van der Waals surface area contributed by atoms with Crippen molar-refractivity contribution in [2.24, 2.45) is 5.73 Å². The molecule has 5 heteroatoms. The van der Waals surface area contributed by atoms with E-state index in [4.69, 9.17) is 26.8 Å². The first-order valence-electron chi connectivity index (χ1n) is 6.61. The third kappa shape index (κ3) is 4.53. The molecular weight excluding hydrogens is 302 g/mol. The van der Waals surface area contributed by atoms with Crippen LogP contribution in [0.25, 0.3) is 6.08 Å². The van der Waals surface area contributed by atoms with Gasteiger partial charge in [0.1, 0.15) is 6.61 Å². The van der Waals surface area contributed by atoms with E-state index >= 15 is 0 Å². The second-order valence-corrected chi connectivity index (χ2v) is 5.00. The molecule has 2 rings (SSSR count). The van der Waals surface area contributed by atoms with Gasteiger partial charge in [0.05, 0.1) is 7.11 Å². The van der Waals surface area contributed by atoms with E-state index in [-0.39, 0.29) is 0 Å². The molecule has 0 heterocycles. The summed E-state index contributed by atoms with van der Waals surface area (Å²) in [4.78, 5) is 10.8. The third-order valence-electron chi connectivity index (χ3n) is 2.94. The summed E-state index contributed by atoms with van der Waals surface area (Å²) in [7, 11) is 1.57. The van der Waals surface area contributed by atoms with E-state index < -0.39 is 5.91 Å². The molecule has 1 amide bonds. The second kappa shape index (κ2) is 7.52. The van der Waals surface area contributed by atoms with Crippen LogP contribution in [0.1, 0.15) is 11.1 Å². The fraction of sp³-hybridized carbons (Fsp3) is 0.118. The average molecular weight is 318 g/mol. The van der Waals surface area contributed by atoms with Gasteiger partial charge in [-0.1, -0.05) is 29.8 Å². The highest BCUT2D eigenvalue weighted by atomic mass is 35.5. The molecule has 0 saturated heterocycles. The molecule has 0 atom stereocenters. The van der Waals surface area contributed by atoms with Gasteiger partial charge >= 0.3 is 0 Å². The van der Waals surface area contributed by atoms with E-state index in [9.17, 15) is 4.79 Å². The number of rotatable bonds is 6. The van der Waals surface area contributed by atoms with Crippen molar-refractivity contribution in [1.29, 1.82) is 0 Å². The molecule has 0 spiro atoms. The minimum absolute atomic E-state index is 0.385. The van der Waals surface area contributed by atoms with Crippen LogP contribution < -0.4 is 15.2 Å². The smallest absolute Gasteiger partial charge is 0.241 e. The molecule has 114 valence electrons. The Kier molecular flexibility index (Phi) is 5.44. The third-order valence-corrected chi connectivity index (χ3v) is 3.19. The van der Waals surface area contributed by atoms with E-state index in [1.807, 2.05) is 30.3 Å². The number of primary amides is 1. The fourth-order valence-corrected chi connectivity index (χ4v) is 1.96. The van der Waals surface area contributed by atoms with Crippen molar-refractivity contribution >= 4 is 23.6 Å². The summed E-state index contributed by atoms with van der Waals surface area (Å²) in [5.41, 5.74) is 6.88. The van der Waals surface area contributed by atoms with Gasteiger partial charge in [-0.15, -0.1) is 0 Å². The fourth-order valence-electron chi connectivity index (χ4n) is 1.83. The maximum atomic E-state index is 10.8. The minimum Gasteiger partial charge on any atom is -0.493 e. The second-order valence-electron chi connectivity index (χ2n) is 4.56. The highest BCUT2D eigenvalue weighted by Gasteiger charge is 2.05. The lowest BCUT2D eigenvalue weighted by Gasteiger charge is -2.11. The molecule has 4 nitrogen and oxygen atoms in total. The first-order valence-corrected chi connectivity index (χ1v) is 6.99. The van der Waals surface area contributed by atoms with Crippen LogP contribution in [0, 0.1) is 0 Å². The Bertz CT molecular complexity index is 681. The lowest BCUT2D eigenvalue weighted by molar-refractivity contribution is -0.113. The number of methoxy groups -OCH3 is 1. The summed E-state index contributed by atoms with van der Waals surface area (Å²) >= 11 is 5.85. The molecule has 0 unspecified atom stereocenters. The van der Waals surface area contributed by atoms with Crippen molar-refractivity contribution in [3.05, 3.63) is 64.7 Å². The van der Waals surface area contributed by atoms with Gasteiger partial charge in [-0.3, -0.25) is 4.79 Å². The summed E-state index contributed by atoms with van der Waals surface area (Å²) in [5.74, 6) is 0.703. The van der Waals surface area contributed by atoms with Crippen molar-refractivity contribution in [2.45, 2.75) is 6.61 Å². The van der Waals surface area contributed by atoms with Crippen molar-refractivity contribution in [1.82, 2.24) is 0 Å². The summed E-state index contributed by atoms with van der Waals surface area (Å²) in [6.45, 7) is 0.385. The Hall–Kier alpha value is -2.46. The van der Waals surface area contributed by atoms with Crippen LogP contribution in [0.15, 0.2) is 48.5 Å². The largest absolute Gasteiger partial charge is 0.493 e. The van der Waals surface area contributed by atoms with E-state index in [2.05, 4.69) is 0 Å². The van der Waals surface area contributed by atoms with Gasteiger partial charge in [-0.05, 0) is 41.5 Å². The molecule has 0 saturated carbocycles. The van der Waals surface area contributed by atoms with Crippen LogP contribution in [0.2, 0.25) is 5.02 Å². The standard InChI is InChI=1S/C17H16ClNO3/c1-21-15-8-4-12(5-9-17(19)20)10-16(15)22-11-13-2-6-14(18)7-3-13/h2-10H,11H2,1H3,(H2,19,20)/b9-5+. The molecule has 0 bridgehead atoms. The molecule has 0 fully saturated rings. The number of halogens is 1. The first kappa shape index (κ1) is 15.9. The van der Waals surface area contributed by atoms with Crippen LogP contribution in [0.3, 0.4) is 0 Å². The van der Waals surface area contributed by atoms with E-state index in [1.165, 1.54) is 6.08 Å². The number of benzene rings is 2. The Morgan fingerprint density at radius 1 is 1.18 bits per heavy atom. The zero-order chi connectivity index (χ0) is 15.9. The summed E-state index contributed by atoms with van der Waals surface area (Å²) in [6, 6.07) is 12.8. The number of ether oxygens (including phenoxy) is 2. The zero-order valence-corrected chi connectivity index (χ0v) is 12.8. The monoisotopic (exact) mass is 317 g/mol. The highest BCUT2D eigenvalue weighted by Crippen LogP contribution is 2.29. The van der Waals surface area contributed by atoms with Crippen molar-refractivity contribution in [2.75, 3.05) is 7.11 Å². The normalized spacial score (nSPS) is 10.6. The van der Waals surface area contributed by atoms with Crippen molar-refractivity contribution < 1.29 is 14.3 Å². The van der Waals surface area contributed by atoms with E-state index in [0.29, 0.717) is 23.1 Å². The lowest BCUT2D eigenvalue weighted by Crippen LogP contribution is -2.05. The van der Waals surface area contributed by atoms with E-state index in [0.717, 1.165) is 11.1 Å². The molecule has 2 N–H and O–H groups in total. The molecule has 0 aliphatic heterocycles. The quantitative estimate of drug-likeness (QED) is 0.830. The van der Waals surface area contributed by atoms with Crippen molar-refractivity contribution in [3.8, 4) is 11.5 Å². The van der Waals surface area contributed by atoms with E-state index in [1.54, 1.807) is 25.3 Å². The summed E-state index contributed by atoms with van der Waals surface area (Å²) < 4.78 is 11.1. The number of hydrogen-bond donors (Lipinski definition) is 1. The molecule has 2 aromatic carbocycles. The molecular formula is C17H16ClNO3. The zero-order valence-electron chi connectivity index (χ0n) is 12.1. The highest BCUT2D eigenvalue weighted by molar-refractivity contribution is 6.30. The Morgan fingerprint density at radius 3 is 2.55 bits per heavy atom. The predicted octanol–water partition coefficient (Wildman–Crippen LogP) is 3.43. The number of carbonyl (C=O) groups excluding carboxylic acids is 1. The van der Waals surface area contributed by atoms with Gasteiger partial charge < -0.3 is 15.2 Å². The Balaban J connectivity index is 2.15. The van der Waals surface area contributed by atoms with Crippen LogP contribution >= 0.6 is 11.6 Å². The molecule has 2 aromatic rings. The lowest BCUT2D eigenvalue weighted by atomic mass is 10.2. The number of nitrogens with two attached hydrogens (primary N) is 1. The number of amides is 1. The maximum Gasteiger partial charge on any atom is 0.241 e. The predicted molar refractivity (Wildman–Crippen MR) is 87.0 cm³/mol. The summed E-state index contributed by atoms with van der Waals surface area (Å²) in [5, 5.41) is 0.680. The number of hydrogen-bond acceptors (Lipinski definition) is 3. The minimum atomic E-state index is -0.501. The molecule has 22 heavy (non-hydrogen) atoms. The maximum absolute atomic E-state index is 10.8. The van der Waals surface area contributed by atoms with Crippen LogP contribution in [-0.4, -0.2) is 13.0 Å². The van der Waals surface area contributed by atoms with Crippen LogP contribution in [-0.2, 0) is 11.4 Å². The number of carbonyl (C=O) groups is 1. The average Bonchev–Trinajstić information content (AvgIpc) is 2.52. The van der Waals surface area contributed by atoms with Gasteiger partial charge in [0.15, 0.2) is 11.5 Å². The van der Waals surface area contributed by atoms with Crippen LogP contribution in [0.5, 0.6) is 11.5 Å². The summed E-state index contributed by atoms with van der Waals surface area (Å²) in [6.07, 6.45) is 2.92. The molecule has 0 aliphatic rings. The molecule has 0 aliphatic carbocycles. The van der Waals surface area contributed by atoms with Crippen molar-refractivity contribution in [3.63, 3.8) is 0 Å². The van der Waals surface area contributed by atoms with Gasteiger partial charge in [0.2, 0.25) is 5.91 Å². The Labute approximate surface area is 134 Å². The van der Waals surface area contributed by atoms with Gasteiger partial charge in [-0.2, -0.15) is 0 Å². The Morgan fingerprint density at radius 2 is 1.91 bits per heavy atom. The van der Waals surface area contributed by atoms with Gasteiger partial charge in [0, 0.05) is 11.1 Å². The first-order chi connectivity index (χ1) is 10.6. The SMILES string of the molecule is COc1ccc(/C=C/C(N)=O)cc1OCc1ccc(Cl)cc1. The topological polar surface area (TPSA) is 61.5 Å². The van der Waals surface area contributed by atoms with Crippen LogP contribution in [0.4, 0.5) is 0 Å². The molecule has 0 aromatic heterocycles. The van der Waals surface area contributed by atoms with Gasteiger partial charge in [-0.25, -0.2) is 0 Å². The van der Waals surface area contributed by atoms with Gasteiger partial charge in [0.25, 0.3) is 0 Å². The molecule has 0 radical (unpaired) electrons.